The SMILES string of the molecule is [B]N(C=CC)OC. The average Bonchev–Trinajstić information content (AvgIpc) is 1.68. The van der Waals surface area contributed by atoms with E-state index in [2.05, 4.69) is 4.84 Å². The van der Waals surface area contributed by atoms with E-state index in [1.807, 2.05) is 6.92 Å². The van der Waals surface area contributed by atoms with Gasteiger partial charge in [-0.2, -0.15) is 0 Å². The maximum atomic E-state index is 5.11. The van der Waals surface area contributed by atoms with Gasteiger partial charge in [-0.1, -0.05) is 6.08 Å². The van der Waals surface area contributed by atoms with Gasteiger partial charge in [0.15, 0.2) is 0 Å². The number of rotatable bonds is 2. The predicted octanol–water partition coefficient (Wildman–Crippen LogP) is 0.467. The molecule has 0 saturated carbocycles. The van der Waals surface area contributed by atoms with E-state index >= 15 is 0 Å². The first kappa shape index (κ1) is 6.56. The van der Waals surface area contributed by atoms with E-state index in [1.165, 1.54) is 7.11 Å². The zero-order valence-corrected chi connectivity index (χ0v) is 4.59. The van der Waals surface area contributed by atoms with E-state index in [0.29, 0.717) is 0 Å². The molecule has 0 bridgehead atoms. The number of nitrogens with zero attached hydrogens (tertiary/aromatic N) is 1. The molecule has 0 aromatic carbocycles. The van der Waals surface area contributed by atoms with E-state index in [0.717, 1.165) is 4.97 Å². The lowest BCUT2D eigenvalue weighted by molar-refractivity contribution is -0.00508. The molecule has 7 heavy (non-hydrogen) atoms. The van der Waals surface area contributed by atoms with Crippen LogP contribution in [0, 0.1) is 0 Å². The van der Waals surface area contributed by atoms with Crippen molar-refractivity contribution in [3.63, 3.8) is 0 Å². The molecule has 0 aromatic rings. The maximum Gasteiger partial charge on any atom is 0.270 e. The summed E-state index contributed by atoms with van der Waals surface area (Å²) in [6.07, 6.45) is 3.39. The third kappa shape index (κ3) is 3.39. The van der Waals surface area contributed by atoms with Crippen molar-refractivity contribution in [2.45, 2.75) is 6.92 Å². The fourth-order valence-electron chi connectivity index (χ4n) is 0.208. The molecule has 2 radical (unpaired) electrons. The highest BCUT2D eigenvalue weighted by molar-refractivity contribution is 6.04. The molecule has 0 rings (SSSR count). The van der Waals surface area contributed by atoms with E-state index < -0.39 is 0 Å². The summed E-state index contributed by atoms with van der Waals surface area (Å²) >= 11 is 0. The van der Waals surface area contributed by atoms with Crippen molar-refractivity contribution < 1.29 is 4.84 Å². The topological polar surface area (TPSA) is 12.5 Å². The van der Waals surface area contributed by atoms with Crippen molar-refractivity contribution >= 4 is 7.98 Å². The van der Waals surface area contributed by atoms with Gasteiger partial charge in [-0.15, -0.1) is 0 Å². The summed E-state index contributed by atoms with van der Waals surface area (Å²) in [7, 11) is 6.61. The average molecular weight is 96.9 g/mol. The summed E-state index contributed by atoms with van der Waals surface area (Å²) in [6, 6.07) is 0. The van der Waals surface area contributed by atoms with Crippen LogP contribution < -0.4 is 0 Å². The van der Waals surface area contributed by atoms with Gasteiger partial charge in [-0.05, 0) is 6.92 Å². The molecule has 0 atom stereocenters. The molecule has 3 heteroatoms. The lowest BCUT2D eigenvalue weighted by Gasteiger charge is -2.08. The molecule has 0 N–H and O–H groups in total. The Morgan fingerprint density at radius 2 is 2.29 bits per heavy atom. The number of hydrogen-bond donors (Lipinski definition) is 0. The summed E-state index contributed by atoms with van der Waals surface area (Å²) in [4.78, 5) is 5.64. The van der Waals surface area contributed by atoms with Gasteiger partial charge in [0.25, 0.3) is 7.98 Å². The Balaban J connectivity index is 3.16. The molecule has 0 aliphatic rings. The molecule has 0 unspecified atom stereocenters. The molecule has 38 valence electrons. The highest BCUT2D eigenvalue weighted by Crippen LogP contribution is 1.78. The minimum Gasteiger partial charge on any atom is -0.321 e. The van der Waals surface area contributed by atoms with Crippen LogP contribution in [0.1, 0.15) is 6.92 Å². The van der Waals surface area contributed by atoms with E-state index in [-0.39, 0.29) is 0 Å². The van der Waals surface area contributed by atoms with Crippen molar-refractivity contribution in [1.29, 1.82) is 0 Å². The largest absolute Gasteiger partial charge is 0.321 e. The van der Waals surface area contributed by atoms with E-state index in [1.54, 1.807) is 12.3 Å². The zero-order valence-electron chi connectivity index (χ0n) is 4.59. The first-order valence-corrected chi connectivity index (χ1v) is 2.02. The molecule has 0 amide bonds. The Morgan fingerprint density at radius 3 is 2.43 bits per heavy atom. The monoisotopic (exact) mass is 97.1 g/mol. The fraction of sp³-hybridized carbons (Fsp3) is 0.500. The molecule has 0 aromatic heterocycles. The Bertz CT molecular complexity index is 64.7. The Kier molecular flexibility index (Phi) is 3.51. The van der Waals surface area contributed by atoms with Gasteiger partial charge in [0.2, 0.25) is 0 Å². The van der Waals surface area contributed by atoms with Gasteiger partial charge in [0.1, 0.15) is 0 Å². The minimum absolute atomic E-state index is 1.12. The van der Waals surface area contributed by atoms with Crippen LogP contribution in [0.4, 0.5) is 0 Å². The maximum absolute atomic E-state index is 5.11. The smallest absolute Gasteiger partial charge is 0.270 e. The second-order valence-corrected chi connectivity index (χ2v) is 1.02. The third-order valence-corrected chi connectivity index (χ3v) is 0.507. The van der Waals surface area contributed by atoms with Crippen LogP contribution in [0.5, 0.6) is 0 Å². The molecular weight excluding hydrogens is 88.9 g/mol. The zero-order chi connectivity index (χ0) is 5.70. The van der Waals surface area contributed by atoms with Crippen LogP contribution in [-0.4, -0.2) is 20.1 Å². The fourth-order valence-corrected chi connectivity index (χ4v) is 0.208. The lowest BCUT2D eigenvalue weighted by atomic mass is 10.4. The highest BCUT2D eigenvalue weighted by atomic mass is 16.7. The summed E-state index contributed by atoms with van der Waals surface area (Å²) in [5, 5.41) is 0. The summed E-state index contributed by atoms with van der Waals surface area (Å²) in [5.74, 6) is 0. The molecule has 0 aliphatic heterocycles. The highest BCUT2D eigenvalue weighted by Gasteiger charge is 1.77. The van der Waals surface area contributed by atoms with Crippen LogP contribution >= 0.6 is 0 Å². The Labute approximate surface area is 45.1 Å². The standard InChI is InChI=1S/C4H8BNO/c1-3-4-6(5)7-2/h3-4H,1-2H3. The molecule has 2 nitrogen and oxygen atoms in total. The van der Waals surface area contributed by atoms with E-state index in [4.69, 9.17) is 7.98 Å². The normalized spacial score (nSPS) is 10.0. The quantitative estimate of drug-likeness (QED) is 0.366. The molecule has 0 fully saturated rings. The van der Waals surface area contributed by atoms with E-state index in [9.17, 15) is 0 Å². The second kappa shape index (κ2) is 3.74. The van der Waals surface area contributed by atoms with Gasteiger partial charge in [0.05, 0.1) is 7.11 Å². The Hall–Kier alpha value is -0.435. The molecule has 0 saturated heterocycles. The minimum atomic E-state index is 1.12. The predicted molar refractivity (Wildman–Crippen MR) is 29.4 cm³/mol. The van der Waals surface area contributed by atoms with Crippen molar-refractivity contribution in [1.82, 2.24) is 4.97 Å². The van der Waals surface area contributed by atoms with Crippen molar-refractivity contribution in [3.8, 4) is 0 Å². The van der Waals surface area contributed by atoms with Crippen molar-refractivity contribution in [2.24, 2.45) is 0 Å². The first-order valence-electron chi connectivity index (χ1n) is 2.02. The summed E-state index contributed by atoms with van der Waals surface area (Å²) in [5.41, 5.74) is 0. The van der Waals surface area contributed by atoms with Crippen LogP contribution in [-0.2, 0) is 4.84 Å². The Morgan fingerprint density at radius 1 is 1.71 bits per heavy atom. The second-order valence-electron chi connectivity index (χ2n) is 1.02. The number of allylic oxidation sites excluding steroid dienone is 1. The van der Waals surface area contributed by atoms with Crippen molar-refractivity contribution in [3.05, 3.63) is 12.3 Å². The lowest BCUT2D eigenvalue weighted by Crippen LogP contribution is -2.09. The first-order chi connectivity index (χ1) is 3.31. The van der Waals surface area contributed by atoms with Crippen LogP contribution in [0.2, 0.25) is 0 Å². The number of hydrogen-bond acceptors (Lipinski definition) is 2. The van der Waals surface area contributed by atoms with Gasteiger partial charge in [0, 0.05) is 6.20 Å². The van der Waals surface area contributed by atoms with Crippen LogP contribution in [0.3, 0.4) is 0 Å². The molecule has 0 spiro atoms. The third-order valence-electron chi connectivity index (χ3n) is 0.507. The summed E-state index contributed by atoms with van der Waals surface area (Å²) in [6.45, 7) is 1.86. The summed E-state index contributed by atoms with van der Waals surface area (Å²) < 4.78 is 0. The van der Waals surface area contributed by atoms with Crippen LogP contribution in [0.25, 0.3) is 0 Å². The van der Waals surface area contributed by atoms with Gasteiger partial charge >= 0.3 is 0 Å². The molecular formula is C4H8BNO. The van der Waals surface area contributed by atoms with Gasteiger partial charge < -0.3 is 4.97 Å². The number of hydroxylamine groups is 1. The van der Waals surface area contributed by atoms with Gasteiger partial charge in [-0.25, -0.2) is 0 Å². The molecule has 0 heterocycles. The van der Waals surface area contributed by atoms with Crippen LogP contribution in [0.15, 0.2) is 12.3 Å². The van der Waals surface area contributed by atoms with Crippen molar-refractivity contribution in [2.75, 3.05) is 7.11 Å². The van der Waals surface area contributed by atoms with Gasteiger partial charge in [-0.3, -0.25) is 4.84 Å². The molecule has 0 aliphatic carbocycles.